The van der Waals surface area contributed by atoms with Crippen molar-refractivity contribution in [2.45, 2.75) is 23.6 Å². The van der Waals surface area contributed by atoms with Crippen molar-refractivity contribution in [2.75, 3.05) is 6.67 Å². The molecule has 1 fully saturated rings. The molecule has 1 heterocycles. The smallest absolute Gasteiger partial charge is 0.272 e. The lowest BCUT2D eigenvalue weighted by molar-refractivity contribution is -0.385. The molecule has 0 aromatic heterocycles. The Morgan fingerprint density at radius 3 is 2.82 bits per heavy atom. The molecule has 0 amide bonds. The van der Waals surface area contributed by atoms with Crippen LogP contribution in [0.2, 0.25) is 0 Å². The molecule has 0 spiro atoms. The average Bonchev–Trinajstić information content (AvgIpc) is 3.17. The monoisotopic (exact) mass is 331 g/mol. The van der Waals surface area contributed by atoms with Crippen LogP contribution >= 0.6 is 11.8 Å². The van der Waals surface area contributed by atoms with Gasteiger partial charge in [0.25, 0.3) is 5.69 Å². The topological polar surface area (TPSA) is 81.5 Å². The zero-order chi connectivity index (χ0) is 16.3. The summed E-state index contributed by atoms with van der Waals surface area (Å²) in [6, 6.07) is 1.47. The molecule has 0 bridgehead atoms. The van der Waals surface area contributed by atoms with E-state index in [0.29, 0.717) is 12.5 Å². The van der Waals surface area contributed by atoms with E-state index < -0.39 is 45.1 Å². The van der Waals surface area contributed by atoms with Crippen LogP contribution in [0.15, 0.2) is 17.1 Å². The van der Waals surface area contributed by atoms with Gasteiger partial charge in [0.1, 0.15) is 6.67 Å². The number of hydrogen-bond acceptors (Lipinski definition) is 5. The predicted molar refractivity (Wildman–Crippen MR) is 76.4 cm³/mol. The maximum atomic E-state index is 14.2. The predicted octanol–water partition coefficient (Wildman–Crippen LogP) is 2.88. The Hall–Kier alpha value is -1.77. The second-order valence-corrected chi connectivity index (χ2v) is 7.14. The van der Waals surface area contributed by atoms with Gasteiger partial charge in [0, 0.05) is 17.5 Å². The fourth-order valence-electron chi connectivity index (χ4n) is 3.12. The van der Waals surface area contributed by atoms with Gasteiger partial charge in [0.05, 0.1) is 21.3 Å². The molecular weight excluding hydrogens is 319 g/mol. The highest BCUT2D eigenvalue weighted by Gasteiger charge is 2.67. The number of thioether (sulfide) groups is 1. The van der Waals surface area contributed by atoms with Crippen molar-refractivity contribution >= 4 is 22.6 Å². The summed E-state index contributed by atoms with van der Waals surface area (Å²) in [5.41, 5.74) is 3.55. The Labute approximate surface area is 127 Å². The minimum atomic E-state index is -1.33. The van der Waals surface area contributed by atoms with E-state index in [9.17, 15) is 23.3 Å². The third-order valence-corrected chi connectivity index (χ3v) is 5.62. The molecule has 3 rings (SSSR count). The van der Waals surface area contributed by atoms with Gasteiger partial charge in [0.15, 0.2) is 16.8 Å². The number of rotatable bonds is 3. The summed E-state index contributed by atoms with van der Waals surface area (Å²) in [5.74, 6) is -2.93. The molecule has 1 aromatic rings. The maximum absolute atomic E-state index is 14.2. The zero-order valence-electron chi connectivity index (χ0n) is 11.5. The molecule has 2 N–H and O–H groups in total. The molecule has 1 aromatic carbocycles. The first-order chi connectivity index (χ1) is 10.2. The van der Waals surface area contributed by atoms with Gasteiger partial charge in [-0.2, -0.15) is 0 Å². The van der Waals surface area contributed by atoms with Gasteiger partial charge in [0.2, 0.25) is 0 Å². The van der Waals surface area contributed by atoms with E-state index in [0.717, 1.165) is 17.8 Å². The van der Waals surface area contributed by atoms with Crippen LogP contribution in [0.25, 0.3) is 0 Å². The number of nitrogens with zero attached hydrogens (tertiary/aromatic N) is 2. The van der Waals surface area contributed by atoms with Crippen molar-refractivity contribution in [3.05, 3.63) is 39.4 Å². The Balaban J connectivity index is 2.18. The molecule has 2 aliphatic rings. The van der Waals surface area contributed by atoms with Gasteiger partial charge in [-0.05, 0) is 13.3 Å². The first kappa shape index (κ1) is 15.1. The number of nitrogens with two attached hydrogens (primary N) is 1. The summed E-state index contributed by atoms with van der Waals surface area (Å²) in [5, 5.41) is 10.9. The highest BCUT2D eigenvalue weighted by atomic mass is 32.2. The van der Waals surface area contributed by atoms with E-state index in [1.54, 1.807) is 0 Å². The number of nitro benzene ring substituents is 1. The van der Waals surface area contributed by atoms with Gasteiger partial charge in [-0.25, -0.2) is 13.2 Å². The highest BCUT2D eigenvalue weighted by Crippen LogP contribution is 2.66. The van der Waals surface area contributed by atoms with Crippen LogP contribution in [0, 0.1) is 27.7 Å². The number of amidine groups is 1. The number of hydrogen-bond donors (Lipinski definition) is 1. The number of fused-ring (bicyclic) bond motifs is 1. The number of benzene rings is 1. The Kier molecular flexibility index (Phi) is 3.17. The van der Waals surface area contributed by atoms with Gasteiger partial charge >= 0.3 is 0 Å². The van der Waals surface area contributed by atoms with Gasteiger partial charge < -0.3 is 5.73 Å². The van der Waals surface area contributed by atoms with Gasteiger partial charge in [-0.3, -0.25) is 15.1 Å². The van der Waals surface area contributed by atoms with Crippen LogP contribution < -0.4 is 5.73 Å². The maximum Gasteiger partial charge on any atom is 0.272 e. The zero-order valence-corrected chi connectivity index (χ0v) is 12.3. The highest BCUT2D eigenvalue weighted by molar-refractivity contribution is 8.15. The van der Waals surface area contributed by atoms with E-state index >= 15 is 0 Å². The van der Waals surface area contributed by atoms with Crippen molar-refractivity contribution < 1.29 is 18.1 Å². The van der Waals surface area contributed by atoms with E-state index in [-0.39, 0.29) is 10.7 Å². The first-order valence-electron chi connectivity index (χ1n) is 6.48. The summed E-state index contributed by atoms with van der Waals surface area (Å²) in [6.45, 7) is 0.830. The summed E-state index contributed by atoms with van der Waals surface area (Å²) >= 11 is 1.08. The minimum absolute atomic E-state index is 0.0696. The number of non-ortho nitro benzene ring substituents is 1. The summed E-state index contributed by atoms with van der Waals surface area (Å²) in [7, 11) is 0. The SMILES string of the molecule is C[C@]1(c2cc([N+](=O)[O-])cc(F)c2F)N=C(N)S[C@@]2(CF)C[C@H]21. The molecule has 9 heteroatoms. The van der Waals surface area contributed by atoms with Crippen LogP contribution in [-0.4, -0.2) is 21.5 Å². The van der Waals surface area contributed by atoms with Crippen molar-refractivity contribution in [1.82, 2.24) is 0 Å². The molecule has 22 heavy (non-hydrogen) atoms. The molecule has 118 valence electrons. The van der Waals surface area contributed by atoms with Crippen molar-refractivity contribution in [3.63, 3.8) is 0 Å². The van der Waals surface area contributed by atoms with E-state index in [4.69, 9.17) is 5.73 Å². The molecule has 0 saturated heterocycles. The first-order valence-corrected chi connectivity index (χ1v) is 7.29. The average molecular weight is 331 g/mol. The second-order valence-electron chi connectivity index (χ2n) is 5.70. The number of nitro groups is 1. The molecule has 0 radical (unpaired) electrons. The summed E-state index contributed by atoms with van der Waals surface area (Å²) in [6.07, 6.45) is 0.401. The number of halogens is 3. The number of aliphatic imine (C=N–C) groups is 1. The quantitative estimate of drug-likeness (QED) is 0.682. The Morgan fingerprint density at radius 2 is 2.23 bits per heavy atom. The fraction of sp³-hybridized carbons (Fsp3) is 0.462. The Morgan fingerprint density at radius 1 is 1.55 bits per heavy atom. The van der Waals surface area contributed by atoms with Gasteiger partial charge in [-0.1, -0.05) is 11.8 Å². The van der Waals surface area contributed by atoms with Crippen molar-refractivity contribution in [1.29, 1.82) is 0 Å². The summed E-state index contributed by atoms with van der Waals surface area (Å²) < 4.78 is 40.4. The van der Waals surface area contributed by atoms with Crippen LogP contribution in [0.1, 0.15) is 18.9 Å². The van der Waals surface area contributed by atoms with E-state index in [2.05, 4.69) is 4.99 Å². The molecule has 1 aliphatic heterocycles. The Bertz CT molecular complexity index is 714. The lowest BCUT2D eigenvalue weighted by Crippen LogP contribution is -2.37. The normalized spacial score (nSPS) is 33.1. The van der Waals surface area contributed by atoms with Crippen molar-refractivity contribution in [2.24, 2.45) is 16.6 Å². The minimum Gasteiger partial charge on any atom is -0.378 e. The second kappa shape index (κ2) is 4.61. The molecular formula is C13H12F3N3O2S. The van der Waals surface area contributed by atoms with Crippen LogP contribution in [0.3, 0.4) is 0 Å². The largest absolute Gasteiger partial charge is 0.378 e. The van der Waals surface area contributed by atoms with Crippen molar-refractivity contribution in [3.8, 4) is 0 Å². The van der Waals surface area contributed by atoms with Crippen LogP contribution in [0.5, 0.6) is 0 Å². The van der Waals surface area contributed by atoms with E-state index in [1.165, 1.54) is 6.92 Å². The molecule has 3 atom stereocenters. The third kappa shape index (κ3) is 1.98. The number of alkyl halides is 1. The van der Waals surface area contributed by atoms with E-state index in [1.807, 2.05) is 0 Å². The van der Waals surface area contributed by atoms with Crippen LogP contribution in [0.4, 0.5) is 18.9 Å². The molecule has 1 aliphatic carbocycles. The molecule has 5 nitrogen and oxygen atoms in total. The molecule has 1 saturated carbocycles. The summed E-state index contributed by atoms with van der Waals surface area (Å²) in [4.78, 5) is 14.2. The van der Waals surface area contributed by atoms with Crippen LogP contribution in [-0.2, 0) is 5.54 Å². The fourth-order valence-corrected chi connectivity index (χ4v) is 4.45. The standard InChI is InChI=1S/C13H12F3N3O2S/c1-12(9-4-13(9,5-14)22-11(17)18-12)7-2-6(19(20)21)3-8(15)10(7)16/h2-3,9H,4-5H2,1H3,(H2,17,18)/t9-,12+,13+/m0/s1. The third-order valence-electron chi connectivity index (χ3n) is 4.35. The van der Waals surface area contributed by atoms with Gasteiger partial charge in [-0.15, -0.1) is 0 Å². The molecule has 0 unspecified atom stereocenters. The lowest BCUT2D eigenvalue weighted by atomic mass is 9.85. The lowest BCUT2D eigenvalue weighted by Gasteiger charge is -2.33.